The minimum absolute atomic E-state index is 0.177. The number of fused-ring (bicyclic) bond motifs is 1. The Bertz CT molecular complexity index is 503. The van der Waals surface area contributed by atoms with E-state index >= 15 is 0 Å². The lowest BCUT2D eigenvalue weighted by Crippen LogP contribution is -2.53. The fourth-order valence-corrected chi connectivity index (χ4v) is 3.70. The van der Waals surface area contributed by atoms with Gasteiger partial charge in [0.1, 0.15) is 0 Å². The maximum absolute atomic E-state index is 12.3. The summed E-state index contributed by atoms with van der Waals surface area (Å²) in [6, 6.07) is 7.75. The highest BCUT2D eigenvalue weighted by Crippen LogP contribution is 2.28. The van der Waals surface area contributed by atoms with E-state index in [4.69, 9.17) is 16.3 Å². The molecule has 1 aromatic rings. The lowest BCUT2D eigenvalue weighted by atomic mass is 9.90. The number of nitrogens with zero attached hydrogens (tertiary/aromatic N) is 1. The number of rotatable bonds is 4. The fourth-order valence-electron chi connectivity index (χ4n) is 3.51. The molecule has 2 unspecified atom stereocenters. The molecule has 1 aliphatic carbocycles. The highest BCUT2D eigenvalue weighted by molar-refractivity contribution is 6.31. The van der Waals surface area contributed by atoms with E-state index in [1.54, 1.807) is 12.1 Å². The molecule has 3 rings (SSSR count). The van der Waals surface area contributed by atoms with Crippen molar-refractivity contribution >= 4 is 17.4 Å². The first kappa shape index (κ1) is 15.0. The second-order valence-corrected chi connectivity index (χ2v) is 6.42. The summed E-state index contributed by atoms with van der Waals surface area (Å²) in [4.78, 5) is 14.7. The average Bonchev–Trinajstić information content (AvgIpc) is 2.52. The number of hydrogen-bond donors (Lipinski definition) is 0. The molecule has 2 fully saturated rings. The third kappa shape index (κ3) is 3.65. The quantitative estimate of drug-likeness (QED) is 0.797. The van der Waals surface area contributed by atoms with Gasteiger partial charge in [0.25, 0.3) is 0 Å². The second kappa shape index (κ2) is 6.91. The molecular formula is C17H22ClNO2. The SMILES string of the molecule is O=C(CCN1CCOC2CCCCC21)c1cccc(Cl)c1. The lowest BCUT2D eigenvalue weighted by molar-refractivity contribution is -0.0874. The Morgan fingerprint density at radius 1 is 1.33 bits per heavy atom. The molecule has 0 amide bonds. The summed E-state index contributed by atoms with van der Waals surface area (Å²) >= 11 is 5.95. The van der Waals surface area contributed by atoms with E-state index in [0.717, 1.165) is 25.3 Å². The summed E-state index contributed by atoms with van der Waals surface area (Å²) in [6.07, 6.45) is 5.87. The molecule has 0 bridgehead atoms. The Kier molecular flexibility index (Phi) is 4.94. The Morgan fingerprint density at radius 3 is 3.05 bits per heavy atom. The topological polar surface area (TPSA) is 29.5 Å². The molecule has 2 aliphatic rings. The highest BCUT2D eigenvalue weighted by Gasteiger charge is 2.33. The van der Waals surface area contributed by atoms with Crippen molar-refractivity contribution in [2.45, 2.75) is 44.2 Å². The van der Waals surface area contributed by atoms with Crippen LogP contribution in [0.4, 0.5) is 0 Å². The van der Waals surface area contributed by atoms with Gasteiger partial charge in [0.05, 0.1) is 12.7 Å². The van der Waals surface area contributed by atoms with E-state index in [1.807, 2.05) is 12.1 Å². The number of benzene rings is 1. The van der Waals surface area contributed by atoms with Gasteiger partial charge in [-0.05, 0) is 25.0 Å². The second-order valence-electron chi connectivity index (χ2n) is 5.98. The van der Waals surface area contributed by atoms with Crippen molar-refractivity contribution in [2.75, 3.05) is 19.7 Å². The summed E-state index contributed by atoms with van der Waals surface area (Å²) in [6.45, 7) is 2.58. The molecular weight excluding hydrogens is 286 g/mol. The number of morpholine rings is 1. The van der Waals surface area contributed by atoms with Crippen molar-refractivity contribution in [3.63, 3.8) is 0 Å². The van der Waals surface area contributed by atoms with Crippen LogP contribution in [0.25, 0.3) is 0 Å². The molecule has 1 aliphatic heterocycles. The summed E-state index contributed by atoms with van der Waals surface area (Å²) in [5.41, 5.74) is 0.718. The molecule has 0 N–H and O–H groups in total. The van der Waals surface area contributed by atoms with Crippen LogP contribution >= 0.6 is 11.6 Å². The van der Waals surface area contributed by atoms with E-state index in [2.05, 4.69) is 4.90 Å². The standard InChI is InChI=1S/C17H22ClNO2/c18-14-5-3-4-13(12-14)16(20)8-9-19-10-11-21-17-7-2-1-6-15(17)19/h3-5,12,15,17H,1-2,6-11H2. The van der Waals surface area contributed by atoms with Gasteiger partial charge in [-0.1, -0.05) is 36.6 Å². The fraction of sp³-hybridized carbons (Fsp3) is 0.588. The number of Topliss-reactive ketones (excluding diaryl/α,β-unsaturated/α-hetero) is 1. The lowest BCUT2D eigenvalue weighted by Gasteiger charge is -2.43. The van der Waals surface area contributed by atoms with Crippen LogP contribution in [-0.2, 0) is 4.74 Å². The maximum Gasteiger partial charge on any atom is 0.164 e. The van der Waals surface area contributed by atoms with Crippen LogP contribution in [0.1, 0.15) is 42.5 Å². The summed E-state index contributed by atoms with van der Waals surface area (Å²) in [7, 11) is 0. The Labute approximate surface area is 131 Å². The Morgan fingerprint density at radius 2 is 2.19 bits per heavy atom. The normalized spacial score (nSPS) is 26.3. The largest absolute Gasteiger partial charge is 0.375 e. The van der Waals surface area contributed by atoms with Gasteiger partial charge in [-0.3, -0.25) is 9.69 Å². The first-order chi connectivity index (χ1) is 10.2. The Balaban J connectivity index is 1.57. The van der Waals surface area contributed by atoms with Gasteiger partial charge in [-0.25, -0.2) is 0 Å². The van der Waals surface area contributed by atoms with Crippen LogP contribution in [0.5, 0.6) is 0 Å². The van der Waals surface area contributed by atoms with Gasteiger partial charge in [-0.15, -0.1) is 0 Å². The van der Waals surface area contributed by atoms with Crippen molar-refractivity contribution in [1.82, 2.24) is 4.90 Å². The van der Waals surface area contributed by atoms with Gasteiger partial charge in [0.15, 0.2) is 5.78 Å². The number of carbonyl (C=O) groups is 1. The smallest absolute Gasteiger partial charge is 0.164 e. The first-order valence-corrected chi connectivity index (χ1v) is 8.26. The van der Waals surface area contributed by atoms with Crippen LogP contribution in [0, 0.1) is 0 Å². The highest BCUT2D eigenvalue weighted by atomic mass is 35.5. The van der Waals surface area contributed by atoms with E-state index < -0.39 is 0 Å². The minimum Gasteiger partial charge on any atom is -0.375 e. The molecule has 1 aromatic carbocycles. The zero-order valence-corrected chi connectivity index (χ0v) is 13.0. The predicted octanol–water partition coefficient (Wildman–Crippen LogP) is 3.56. The summed E-state index contributed by atoms with van der Waals surface area (Å²) in [5.74, 6) is 0.177. The molecule has 0 spiro atoms. The summed E-state index contributed by atoms with van der Waals surface area (Å²) in [5, 5.41) is 0.625. The maximum atomic E-state index is 12.3. The number of carbonyl (C=O) groups excluding carboxylic acids is 1. The van der Waals surface area contributed by atoms with Crippen molar-refractivity contribution in [1.29, 1.82) is 0 Å². The van der Waals surface area contributed by atoms with Gasteiger partial charge < -0.3 is 4.74 Å². The molecule has 0 aromatic heterocycles. The summed E-state index contributed by atoms with van der Waals surface area (Å²) < 4.78 is 5.88. The number of ketones is 1. The Hall–Kier alpha value is -0.900. The van der Waals surface area contributed by atoms with E-state index in [9.17, 15) is 4.79 Å². The zero-order chi connectivity index (χ0) is 14.7. The molecule has 4 heteroatoms. The minimum atomic E-state index is 0.177. The average molecular weight is 308 g/mol. The number of ether oxygens (including phenoxy) is 1. The molecule has 1 saturated heterocycles. The van der Waals surface area contributed by atoms with Crippen molar-refractivity contribution in [3.8, 4) is 0 Å². The molecule has 114 valence electrons. The van der Waals surface area contributed by atoms with Gasteiger partial charge in [-0.2, -0.15) is 0 Å². The van der Waals surface area contributed by atoms with Crippen LogP contribution in [0.2, 0.25) is 5.02 Å². The molecule has 3 nitrogen and oxygen atoms in total. The van der Waals surface area contributed by atoms with Crippen molar-refractivity contribution < 1.29 is 9.53 Å². The van der Waals surface area contributed by atoms with Crippen molar-refractivity contribution in [2.24, 2.45) is 0 Å². The molecule has 0 radical (unpaired) electrons. The zero-order valence-electron chi connectivity index (χ0n) is 12.3. The van der Waals surface area contributed by atoms with Gasteiger partial charge >= 0.3 is 0 Å². The van der Waals surface area contributed by atoms with E-state index in [-0.39, 0.29) is 5.78 Å². The molecule has 1 heterocycles. The monoisotopic (exact) mass is 307 g/mol. The van der Waals surface area contributed by atoms with E-state index in [1.165, 1.54) is 25.7 Å². The first-order valence-electron chi connectivity index (χ1n) is 7.88. The van der Waals surface area contributed by atoms with E-state index in [0.29, 0.717) is 23.6 Å². The van der Waals surface area contributed by atoms with Crippen LogP contribution in [-0.4, -0.2) is 42.5 Å². The number of hydrogen-bond acceptors (Lipinski definition) is 3. The van der Waals surface area contributed by atoms with Gasteiger partial charge in [0, 0.05) is 36.1 Å². The third-order valence-electron chi connectivity index (χ3n) is 4.62. The molecule has 21 heavy (non-hydrogen) atoms. The van der Waals surface area contributed by atoms with Crippen LogP contribution < -0.4 is 0 Å². The van der Waals surface area contributed by atoms with Crippen molar-refractivity contribution in [3.05, 3.63) is 34.9 Å². The molecule has 2 atom stereocenters. The third-order valence-corrected chi connectivity index (χ3v) is 4.85. The van der Waals surface area contributed by atoms with Crippen LogP contribution in [0.3, 0.4) is 0 Å². The predicted molar refractivity (Wildman–Crippen MR) is 84.0 cm³/mol. The number of halogens is 1. The molecule has 1 saturated carbocycles. The van der Waals surface area contributed by atoms with Crippen LogP contribution in [0.15, 0.2) is 24.3 Å². The van der Waals surface area contributed by atoms with Gasteiger partial charge in [0.2, 0.25) is 0 Å².